The number of rotatable bonds is 2. The van der Waals surface area contributed by atoms with Crippen LogP contribution in [-0.4, -0.2) is 14.9 Å². The van der Waals surface area contributed by atoms with Gasteiger partial charge in [0.05, 0.1) is 15.8 Å². The van der Waals surface area contributed by atoms with Crippen molar-refractivity contribution in [2.24, 2.45) is 0 Å². The molecule has 0 saturated carbocycles. The first-order valence-electron chi connectivity index (χ1n) is 5.40. The van der Waals surface area contributed by atoms with Crippen molar-refractivity contribution in [3.05, 3.63) is 46.8 Å². The van der Waals surface area contributed by atoms with Crippen molar-refractivity contribution in [1.29, 1.82) is 0 Å². The van der Waals surface area contributed by atoms with E-state index in [1.165, 1.54) is 23.5 Å². The minimum Gasteiger partial charge on any atom is -0.398 e. The number of nitrogens with zero attached hydrogens (tertiary/aromatic N) is 3. The standard InChI is InChI=1S/C12H8N4O2S/c13-9-5-7(16(17)18)1-2-8(9)12-15-10-6-14-4-3-11(10)19-12/h1-6H,13H2. The van der Waals surface area contributed by atoms with Gasteiger partial charge < -0.3 is 5.73 Å². The Bertz CT molecular complexity index is 751. The highest BCUT2D eigenvalue weighted by Crippen LogP contribution is 2.34. The predicted octanol–water partition coefficient (Wildman–Crippen LogP) is 2.85. The van der Waals surface area contributed by atoms with E-state index in [0.717, 1.165) is 15.2 Å². The number of non-ortho nitro benzene ring substituents is 1. The molecular formula is C12H8N4O2S. The van der Waals surface area contributed by atoms with Crippen molar-refractivity contribution in [3.8, 4) is 10.6 Å². The second-order valence-electron chi connectivity index (χ2n) is 3.89. The van der Waals surface area contributed by atoms with E-state index < -0.39 is 4.92 Å². The van der Waals surface area contributed by atoms with Crippen LogP contribution in [0.25, 0.3) is 20.8 Å². The maximum atomic E-state index is 10.7. The van der Waals surface area contributed by atoms with Crippen molar-refractivity contribution < 1.29 is 4.92 Å². The summed E-state index contributed by atoms with van der Waals surface area (Å²) >= 11 is 1.48. The van der Waals surface area contributed by atoms with Crippen LogP contribution in [0.5, 0.6) is 0 Å². The minimum absolute atomic E-state index is 0.0240. The number of thiazole rings is 1. The first-order chi connectivity index (χ1) is 9.15. The third-order valence-electron chi connectivity index (χ3n) is 2.67. The van der Waals surface area contributed by atoms with Gasteiger partial charge in [-0.15, -0.1) is 11.3 Å². The number of aromatic nitrogens is 2. The number of nitro groups is 1. The van der Waals surface area contributed by atoms with Crippen LogP contribution in [0.15, 0.2) is 36.7 Å². The predicted molar refractivity (Wildman–Crippen MR) is 73.9 cm³/mol. The van der Waals surface area contributed by atoms with E-state index in [9.17, 15) is 10.1 Å². The molecule has 0 aliphatic rings. The van der Waals surface area contributed by atoms with Crippen LogP contribution < -0.4 is 5.73 Å². The molecule has 0 amide bonds. The maximum absolute atomic E-state index is 10.7. The van der Waals surface area contributed by atoms with Gasteiger partial charge in [0.15, 0.2) is 0 Å². The number of nitrogens with two attached hydrogens (primary N) is 1. The van der Waals surface area contributed by atoms with Gasteiger partial charge in [-0.05, 0) is 12.1 Å². The van der Waals surface area contributed by atoms with Crippen molar-refractivity contribution in [2.75, 3.05) is 5.73 Å². The van der Waals surface area contributed by atoms with Crippen LogP contribution >= 0.6 is 11.3 Å². The van der Waals surface area contributed by atoms with Gasteiger partial charge in [-0.3, -0.25) is 15.1 Å². The van der Waals surface area contributed by atoms with Gasteiger partial charge in [0.25, 0.3) is 5.69 Å². The monoisotopic (exact) mass is 272 g/mol. The molecule has 6 nitrogen and oxygen atoms in total. The van der Waals surface area contributed by atoms with Crippen molar-refractivity contribution in [2.45, 2.75) is 0 Å². The van der Waals surface area contributed by atoms with Crippen LogP contribution in [0.2, 0.25) is 0 Å². The Morgan fingerprint density at radius 2 is 2.16 bits per heavy atom. The van der Waals surface area contributed by atoms with Gasteiger partial charge in [-0.1, -0.05) is 0 Å². The number of nitro benzene ring substituents is 1. The molecular weight excluding hydrogens is 264 g/mol. The molecule has 0 spiro atoms. The Morgan fingerprint density at radius 1 is 1.32 bits per heavy atom. The topological polar surface area (TPSA) is 94.9 Å². The van der Waals surface area contributed by atoms with Crippen LogP contribution in [0.4, 0.5) is 11.4 Å². The van der Waals surface area contributed by atoms with Gasteiger partial charge in [0.1, 0.15) is 10.5 Å². The number of anilines is 1. The number of hydrogen-bond acceptors (Lipinski definition) is 6. The van der Waals surface area contributed by atoms with Crippen LogP contribution in [0.3, 0.4) is 0 Å². The zero-order valence-corrected chi connectivity index (χ0v) is 10.4. The molecule has 2 heterocycles. The molecule has 1 aromatic carbocycles. The van der Waals surface area contributed by atoms with Crippen molar-refractivity contribution >= 4 is 32.9 Å². The molecule has 3 rings (SSSR count). The van der Waals surface area contributed by atoms with E-state index in [2.05, 4.69) is 9.97 Å². The number of hydrogen-bond donors (Lipinski definition) is 1. The average Bonchev–Trinajstić information content (AvgIpc) is 2.81. The number of benzene rings is 1. The summed E-state index contributed by atoms with van der Waals surface area (Å²) in [5, 5.41) is 11.4. The van der Waals surface area contributed by atoms with E-state index in [4.69, 9.17) is 5.73 Å². The van der Waals surface area contributed by atoms with Gasteiger partial charge in [0, 0.05) is 29.6 Å². The summed E-state index contributed by atoms with van der Waals surface area (Å²) in [5.41, 5.74) is 7.68. The fraction of sp³-hybridized carbons (Fsp3) is 0. The molecule has 94 valence electrons. The molecule has 0 saturated heterocycles. The fourth-order valence-corrected chi connectivity index (χ4v) is 2.73. The molecule has 0 unspecified atom stereocenters. The summed E-state index contributed by atoms with van der Waals surface area (Å²) in [6.07, 6.45) is 3.38. The second kappa shape index (κ2) is 4.29. The molecule has 0 aliphatic heterocycles. The minimum atomic E-state index is -0.470. The lowest BCUT2D eigenvalue weighted by atomic mass is 10.1. The Balaban J connectivity index is 2.13. The maximum Gasteiger partial charge on any atom is 0.271 e. The molecule has 0 bridgehead atoms. The van der Waals surface area contributed by atoms with Gasteiger partial charge in [-0.25, -0.2) is 4.98 Å². The molecule has 0 aliphatic carbocycles. The third-order valence-corrected chi connectivity index (χ3v) is 3.74. The second-order valence-corrected chi connectivity index (χ2v) is 4.92. The number of pyridine rings is 1. The molecule has 0 atom stereocenters. The lowest BCUT2D eigenvalue weighted by Gasteiger charge is -2.01. The molecule has 0 radical (unpaired) electrons. The normalized spacial score (nSPS) is 10.7. The first-order valence-corrected chi connectivity index (χ1v) is 6.21. The summed E-state index contributed by atoms with van der Waals surface area (Å²) in [6, 6.07) is 6.27. The smallest absolute Gasteiger partial charge is 0.271 e. The SMILES string of the molecule is Nc1cc([N+](=O)[O-])ccc1-c1nc2cnccc2s1. The Hall–Kier alpha value is -2.54. The molecule has 2 aromatic heterocycles. The fourth-order valence-electron chi connectivity index (χ4n) is 1.75. The highest BCUT2D eigenvalue weighted by atomic mass is 32.1. The summed E-state index contributed by atoms with van der Waals surface area (Å²) in [5.74, 6) is 0. The van der Waals surface area contributed by atoms with Crippen molar-refractivity contribution in [3.63, 3.8) is 0 Å². The van der Waals surface area contributed by atoms with Crippen LogP contribution in [-0.2, 0) is 0 Å². The molecule has 2 N–H and O–H groups in total. The molecule has 19 heavy (non-hydrogen) atoms. The van der Waals surface area contributed by atoms with Gasteiger partial charge in [-0.2, -0.15) is 0 Å². The summed E-state index contributed by atoms with van der Waals surface area (Å²) < 4.78 is 1.00. The van der Waals surface area contributed by atoms with E-state index in [1.807, 2.05) is 6.07 Å². The zero-order chi connectivity index (χ0) is 13.4. The Morgan fingerprint density at radius 3 is 2.84 bits per heavy atom. The number of fused-ring (bicyclic) bond motifs is 1. The van der Waals surface area contributed by atoms with Crippen molar-refractivity contribution in [1.82, 2.24) is 9.97 Å². The van der Waals surface area contributed by atoms with E-state index in [-0.39, 0.29) is 5.69 Å². The lowest BCUT2D eigenvalue weighted by Crippen LogP contribution is -1.93. The lowest BCUT2D eigenvalue weighted by molar-refractivity contribution is -0.384. The summed E-state index contributed by atoms with van der Waals surface area (Å²) in [4.78, 5) is 18.6. The van der Waals surface area contributed by atoms with Gasteiger partial charge >= 0.3 is 0 Å². The van der Waals surface area contributed by atoms with Gasteiger partial charge in [0.2, 0.25) is 0 Å². The average molecular weight is 272 g/mol. The molecule has 3 aromatic rings. The summed E-state index contributed by atoms with van der Waals surface area (Å²) in [7, 11) is 0. The highest BCUT2D eigenvalue weighted by Gasteiger charge is 2.13. The molecule has 7 heteroatoms. The Kier molecular flexibility index (Phi) is 2.60. The Labute approximate surface area is 111 Å². The quantitative estimate of drug-likeness (QED) is 0.439. The highest BCUT2D eigenvalue weighted by molar-refractivity contribution is 7.21. The first kappa shape index (κ1) is 11.5. The number of nitrogen functional groups attached to an aromatic ring is 1. The zero-order valence-electron chi connectivity index (χ0n) is 9.61. The van der Waals surface area contributed by atoms with E-state index >= 15 is 0 Å². The van der Waals surface area contributed by atoms with E-state index in [1.54, 1.807) is 18.5 Å². The largest absolute Gasteiger partial charge is 0.398 e. The third kappa shape index (κ3) is 2.00. The molecule has 0 fully saturated rings. The van der Waals surface area contributed by atoms with Crippen LogP contribution in [0.1, 0.15) is 0 Å². The van der Waals surface area contributed by atoms with Crippen LogP contribution in [0, 0.1) is 10.1 Å². The summed E-state index contributed by atoms with van der Waals surface area (Å²) in [6.45, 7) is 0. The van der Waals surface area contributed by atoms with E-state index in [0.29, 0.717) is 11.3 Å².